The summed E-state index contributed by atoms with van der Waals surface area (Å²) < 4.78 is 31.9. The van der Waals surface area contributed by atoms with Crippen molar-refractivity contribution in [2.45, 2.75) is 32.3 Å². The van der Waals surface area contributed by atoms with Crippen LogP contribution in [0.5, 0.6) is 0 Å². The van der Waals surface area contributed by atoms with Crippen molar-refractivity contribution in [3.05, 3.63) is 52.2 Å². The summed E-state index contributed by atoms with van der Waals surface area (Å²) in [5, 5.41) is 11.6. The summed E-state index contributed by atoms with van der Waals surface area (Å²) in [7, 11) is -2.92. The Morgan fingerprint density at radius 3 is 2.39 bits per heavy atom. The first-order valence-corrected chi connectivity index (χ1v) is 9.68. The van der Waals surface area contributed by atoms with Crippen molar-refractivity contribution in [2.75, 3.05) is 12.4 Å². The van der Waals surface area contributed by atoms with Crippen molar-refractivity contribution in [3.63, 3.8) is 0 Å². The second-order valence-corrected chi connectivity index (χ2v) is 7.72. The lowest BCUT2D eigenvalue weighted by Gasteiger charge is -2.16. The molecule has 0 bridgehead atoms. The first kappa shape index (κ1) is 21.3. The number of carboxylic acid groups (broad SMARTS) is 1. The van der Waals surface area contributed by atoms with E-state index in [2.05, 4.69) is 10.3 Å². The van der Waals surface area contributed by atoms with Crippen LogP contribution in [0.4, 0.5) is 10.6 Å². The van der Waals surface area contributed by atoms with Crippen molar-refractivity contribution in [2.24, 2.45) is 0 Å². The summed E-state index contributed by atoms with van der Waals surface area (Å²) >= 11 is 0. The van der Waals surface area contributed by atoms with E-state index in [4.69, 9.17) is 9.84 Å². The van der Waals surface area contributed by atoms with Gasteiger partial charge in [-0.25, -0.2) is 27.7 Å². The number of carbonyl (C=O) groups is 2. The van der Waals surface area contributed by atoms with Gasteiger partial charge in [-0.2, -0.15) is 0 Å². The standard InChI is InChI=1S/C18H21N3O6S/c1-10-11(2)14(9-27-4)16(19-12(10)3)20-18(24)21-28(25,26)15-8-6-5-7-13(15)17(22)23/h5-8H,9H2,1-4H3,(H,22,23)(H2,19,20,21,24). The number of aromatic nitrogens is 1. The molecule has 0 aliphatic rings. The van der Waals surface area contributed by atoms with Gasteiger partial charge in [0, 0.05) is 18.4 Å². The number of urea groups is 1. The van der Waals surface area contributed by atoms with Crippen molar-refractivity contribution in [3.8, 4) is 0 Å². The van der Waals surface area contributed by atoms with Gasteiger partial charge in [0.15, 0.2) is 0 Å². The number of methoxy groups -OCH3 is 1. The number of hydrogen-bond acceptors (Lipinski definition) is 6. The highest BCUT2D eigenvalue weighted by atomic mass is 32.2. The Kier molecular flexibility index (Phi) is 6.37. The Hall–Kier alpha value is -2.98. The number of carboxylic acids is 1. The molecule has 0 saturated carbocycles. The van der Waals surface area contributed by atoms with Gasteiger partial charge in [0.05, 0.1) is 12.2 Å². The fraction of sp³-hybridized carbons (Fsp3) is 0.278. The van der Waals surface area contributed by atoms with Crippen LogP contribution in [0.1, 0.15) is 32.7 Å². The summed E-state index contributed by atoms with van der Waals surface area (Å²) in [6, 6.07) is 3.94. The minimum atomic E-state index is -4.41. The van der Waals surface area contributed by atoms with Crippen LogP contribution in [0, 0.1) is 20.8 Å². The Morgan fingerprint density at radius 2 is 1.79 bits per heavy atom. The van der Waals surface area contributed by atoms with Gasteiger partial charge in [-0.3, -0.25) is 5.32 Å². The molecule has 0 fully saturated rings. The fourth-order valence-electron chi connectivity index (χ4n) is 2.61. The molecule has 2 amide bonds. The lowest BCUT2D eigenvalue weighted by atomic mass is 10.0. The summed E-state index contributed by atoms with van der Waals surface area (Å²) in [6.45, 7) is 5.67. The summed E-state index contributed by atoms with van der Waals surface area (Å²) in [5.41, 5.74) is 2.64. The molecule has 0 unspecified atom stereocenters. The molecule has 150 valence electrons. The predicted molar refractivity (Wildman–Crippen MR) is 102 cm³/mol. The number of nitrogens with one attached hydrogen (secondary N) is 2. The molecule has 0 aliphatic heterocycles. The van der Waals surface area contributed by atoms with E-state index in [1.807, 2.05) is 18.6 Å². The van der Waals surface area contributed by atoms with Crippen LogP contribution in [0.2, 0.25) is 0 Å². The van der Waals surface area contributed by atoms with E-state index in [1.165, 1.54) is 19.2 Å². The second-order valence-electron chi connectivity index (χ2n) is 6.07. The van der Waals surface area contributed by atoms with E-state index in [9.17, 15) is 18.0 Å². The molecule has 28 heavy (non-hydrogen) atoms. The zero-order valence-corrected chi connectivity index (χ0v) is 16.7. The molecule has 10 heteroatoms. The third-order valence-corrected chi connectivity index (χ3v) is 5.67. The van der Waals surface area contributed by atoms with Gasteiger partial charge in [0.2, 0.25) is 0 Å². The van der Waals surface area contributed by atoms with E-state index in [-0.39, 0.29) is 12.4 Å². The van der Waals surface area contributed by atoms with Gasteiger partial charge in [-0.15, -0.1) is 0 Å². The van der Waals surface area contributed by atoms with Crippen LogP contribution in [-0.2, 0) is 21.4 Å². The SMILES string of the molecule is COCc1c(NC(=O)NS(=O)(=O)c2ccccc2C(=O)O)nc(C)c(C)c1C. The number of aromatic carboxylic acids is 1. The number of nitrogens with zero attached hydrogens (tertiary/aromatic N) is 1. The highest BCUT2D eigenvalue weighted by Gasteiger charge is 2.25. The molecule has 0 radical (unpaired) electrons. The molecule has 0 aliphatic carbocycles. The lowest BCUT2D eigenvalue weighted by Crippen LogP contribution is -2.35. The lowest BCUT2D eigenvalue weighted by molar-refractivity contribution is 0.0692. The Morgan fingerprint density at radius 1 is 1.14 bits per heavy atom. The van der Waals surface area contributed by atoms with Crippen LogP contribution in [0.3, 0.4) is 0 Å². The Labute approximate surface area is 162 Å². The number of amides is 2. The zero-order valence-electron chi connectivity index (χ0n) is 15.9. The van der Waals surface area contributed by atoms with E-state index >= 15 is 0 Å². The first-order chi connectivity index (χ1) is 13.1. The van der Waals surface area contributed by atoms with Crippen LogP contribution in [-0.4, -0.2) is 37.6 Å². The topological polar surface area (TPSA) is 135 Å². The number of pyridine rings is 1. The fourth-order valence-corrected chi connectivity index (χ4v) is 3.71. The van der Waals surface area contributed by atoms with E-state index in [1.54, 1.807) is 6.92 Å². The molecule has 1 heterocycles. The van der Waals surface area contributed by atoms with Gasteiger partial charge in [-0.1, -0.05) is 12.1 Å². The van der Waals surface area contributed by atoms with Crippen molar-refractivity contribution in [1.82, 2.24) is 9.71 Å². The maximum atomic E-state index is 12.5. The Bertz CT molecular complexity index is 1030. The summed E-state index contributed by atoms with van der Waals surface area (Å²) in [5.74, 6) is -1.25. The monoisotopic (exact) mass is 407 g/mol. The molecule has 1 aromatic heterocycles. The zero-order chi connectivity index (χ0) is 21.1. The Balaban J connectivity index is 2.34. The van der Waals surface area contributed by atoms with Crippen LogP contribution < -0.4 is 10.0 Å². The van der Waals surface area contributed by atoms with Crippen molar-refractivity contribution >= 4 is 27.8 Å². The normalized spacial score (nSPS) is 11.1. The van der Waals surface area contributed by atoms with Crippen LogP contribution in [0.15, 0.2) is 29.2 Å². The molecule has 1 aromatic carbocycles. The number of carbonyl (C=O) groups excluding carboxylic acids is 1. The number of hydrogen-bond donors (Lipinski definition) is 3. The molecule has 0 spiro atoms. The maximum absolute atomic E-state index is 12.5. The molecule has 2 aromatic rings. The van der Waals surface area contributed by atoms with Crippen molar-refractivity contribution in [1.29, 1.82) is 0 Å². The number of anilines is 1. The molecule has 0 saturated heterocycles. The van der Waals surface area contributed by atoms with Gasteiger partial charge >= 0.3 is 12.0 Å². The molecule has 3 N–H and O–H groups in total. The van der Waals surface area contributed by atoms with E-state index in [0.29, 0.717) is 11.3 Å². The number of rotatable bonds is 6. The third kappa shape index (κ3) is 4.46. The minimum absolute atomic E-state index is 0.168. The average molecular weight is 407 g/mol. The molecule has 0 atom stereocenters. The number of ether oxygens (including phenoxy) is 1. The maximum Gasteiger partial charge on any atom is 0.337 e. The second kappa shape index (κ2) is 8.36. The first-order valence-electron chi connectivity index (χ1n) is 8.20. The number of sulfonamides is 1. The van der Waals surface area contributed by atoms with Gasteiger partial charge in [0.1, 0.15) is 10.7 Å². The predicted octanol–water partition coefficient (Wildman–Crippen LogP) is 2.36. The summed E-state index contributed by atoms with van der Waals surface area (Å²) in [6.07, 6.45) is 0. The van der Waals surface area contributed by atoms with Crippen molar-refractivity contribution < 1.29 is 27.9 Å². The quantitative estimate of drug-likeness (QED) is 0.669. The van der Waals surface area contributed by atoms with E-state index in [0.717, 1.165) is 23.3 Å². The highest BCUT2D eigenvalue weighted by molar-refractivity contribution is 7.90. The molecular formula is C18H21N3O6S. The van der Waals surface area contributed by atoms with Gasteiger partial charge < -0.3 is 9.84 Å². The van der Waals surface area contributed by atoms with Crippen LogP contribution >= 0.6 is 0 Å². The van der Waals surface area contributed by atoms with Gasteiger partial charge in [-0.05, 0) is 44.0 Å². The average Bonchev–Trinajstić information content (AvgIpc) is 2.62. The van der Waals surface area contributed by atoms with Gasteiger partial charge in [0.25, 0.3) is 10.0 Å². The molecular weight excluding hydrogens is 386 g/mol. The highest BCUT2D eigenvalue weighted by Crippen LogP contribution is 2.24. The number of benzene rings is 1. The smallest absolute Gasteiger partial charge is 0.337 e. The summed E-state index contributed by atoms with van der Waals surface area (Å²) in [4.78, 5) is 27.4. The largest absolute Gasteiger partial charge is 0.478 e. The van der Waals surface area contributed by atoms with Crippen LogP contribution in [0.25, 0.3) is 0 Å². The molecule has 9 nitrogen and oxygen atoms in total. The minimum Gasteiger partial charge on any atom is -0.478 e. The number of aryl methyl sites for hydroxylation is 1. The molecule has 2 rings (SSSR count). The third-order valence-electron chi connectivity index (χ3n) is 4.28. The van der Waals surface area contributed by atoms with E-state index < -0.39 is 32.5 Å².